The van der Waals surface area contributed by atoms with E-state index in [0.717, 1.165) is 116 Å². The largest absolute Gasteiger partial charge is 0.494 e. The second-order valence-corrected chi connectivity index (χ2v) is 26.7. The summed E-state index contributed by atoms with van der Waals surface area (Å²) >= 11 is 0. The Morgan fingerprint density at radius 3 is 1.14 bits per heavy atom. The molecule has 8 bridgehead atoms. The number of hydrogen-bond donors (Lipinski definition) is 9. The average molecular weight is 1510 g/mol. The minimum atomic E-state index is -1.44. The minimum absolute atomic E-state index is 0. The van der Waals surface area contributed by atoms with Gasteiger partial charge in [0.05, 0.1) is 108 Å². The van der Waals surface area contributed by atoms with Gasteiger partial charge in [0.1, 0.15) is 34.9 Å². The number of carbonyl (C=O) groups excluding carboxylic acids is 8. The van der Waals surface area contributed by atoms with Crippen LogP contribution >= 0.6 is 0 Å². The van der Waals surface area contributed by atoms with Crippen LogP contribution in [0.5, 0.6) is 23.0 Å². The van der Waals surface area contributed by atoms with E-state index < -0.39 is 71.4 Å². The average Bonchev–Trinajstić information content (AvgIpc) is 0.831. The number of fused-ring (bicyclic) bond motifs is 16. The molecule has 0 saturated carbocycles. The minimum Gasteiger partial charge on any atom is -0.494 e. The van der Waals surface area contributed by atoms with Gasteiger partial charge in [-0.1, -0.05) is 81.6 Å². The number of amides is 6. The highest BCUT2D eigenvalue weighted by Crippen LogP contribution is 2.31. The predicted molar refractivity (Wildman–Crippen MR) is 415 cm³/mol. The third kappa shape index (κ3) is 26.8. The van der Waals surface area contributed by atoms with Gasteiger partial charge in [-0.15, -0.1) is 0 Å². The van der Waals surface area contributed by atoms with Crippen LogP contribution in [0.4, 0.5) is 0 Å². The van der Waals surface area contributed by atoms with Gasteiger partial charge in [-0.05, 0) is 188 Å². The fraction of sp³-hybridized carbons (Fsp3) is 0.357. The number of ether oxygens (including phenoxy) is 4. The van der Waals surface area contributed by atoms with Crippen LogP contribution in [0.15, 0.2) is 170 Å². The molecule has 27 heteroatoms. The second kappa shape index (κ2) is 44.2. The zero-order valence-electron chi connectivity index (χ0n) is 61.4. The Labute approximate surface area is 645 Å². The normalized spacial score (nSPS) is 17.9. The van der Waals surface area contributed by atoms with Gasteiger partial charge in [0.15, 0.2) is 12.2 Å². The predicted octanol–water partition coefficient (Wildman–Crippen LogP) is 10.1. The number of nitrogens with one attached hydrogen (secondary N) is 4. The van der Waals surface area contributed by atoms with Crippen molar-refractivity contribution >= 4 is 47.5 Å². The summed E-state index contributed by atoms with van der Waals surface area (Å²) in [6.07, 6.45) is 16.5. The first-order valence-corrected chi connectivity index (χ1v) is 36.6. The molecule has 12 rings (SSSR count). The van der Waals surface area contributed by atoms with Gasteiger partial charge in [-0.25, -0.2) is 0 Å². The number of nitriles is 2. The van der Waals surface area contributed by atoms with Crippen LogP contribution in [-0.2, 0) is 19.2 Å². The molecule has 0 fully saturated rings. The molecule has 4 aromatic heterocycles. The lowest BCUT2D eigenvalue weighted by atomic mass is 10.0. The SMILES string of the molecule is C.CC(C)(O)C#N.N#CC(O)[C@@H]1CCCCCOc2cccc(c2)-c2ncccc2C(=O)N1.NC(=O)C(=O)[C@@H]1CCCCCOc2cccc(c2)-c2ncccc2C(=O)N1.NC(=O)C(O)[C@@H]1CCCCCOc2cccc(c2)-c2ncccc2C(=O)N1.O=C[C@@H]1CCCCCOc2cccc(c2)-c2ncccc2C(=O)N1. The molecular formula is C84H96N12O15. The lowest BCUT2D eigenvalue weighted by Gasteiger charge is -2.23. The molecule has 11 N–H and O–H groups in total. The number of rotatable bonds is 6. The summed E-state index contributed by atoms with van der Waals surface area (Å²) in [4.78, 5) is 115. The van der Waals surface area contributed by atoms with E-state index in [1.54, 1.807) is 79.4 Å². The lowest BCUT2D eigenvalue weighted by Crippen LogP contribution is -2.49. The van der Waals surface area contributed by atoms with E-state index in [0.29, 0.717) is 109 Å². The molecule has 4 aromatic carbocycles. The number of aliphatic hydroxyl groups excluding tert-OH is 2. The molecular weight excluding hydrogens is 1420 g/mol. The fourth-order valence-corrected chi connectivity index (χ4v) is 12.0. The van der Waals surface area contributed by atoms with Crippen LogP contribution in [0.3, 0.4) is 0 Å². The van der Waals surface area contributed by atoms with E-state index in [2.05, 4.69) is 41.2 Å². The highest BCUT2D eigenvalue weighted by molar-refractivity contribution is 6.38. The van der Waals surface area contributed by atoms with Crippen molar-refractivity contribution in [2.75, 3.05) is 26.4 Å². The molecule has 0 radical (unpaired) electrons. The van der Waals surface area contributed by atoms with Gasteiger partial charge >= 0.3 is 0 Å². The maximum absolute atomic E-state index is 12.9. The van der Waals surface area contributed by atoms with Gasteiger partial charge in [0.25, 0.3) is 29.5 Å². The number of aliphatic hydroxyl groups is 3. The van der Waals surface area contributed by atoms with Crippen LogP contribution in [0.1, 0.15) is 165 Å². The Kier molecular flexibility index (Phi) is 34.3. The molecule has 0 saturated heterocycles. The van der Waals surface area contributed by atoms with Crippen LogP contribution < -0.4 is 51.7 Å². The first-order valence-electron chi connectivity index (χ1n) is 36.6. The van der Waals surface area contributed by atoms with Crippen LogP contribution in [0.2, 0.25) is 0 Å². The number of nitrogens with two attached hydrogens (primary N) is 2. The quantitative estimate of drug-likeness (QED) is 0.0424. The first kappa shape index (κ1) is 85.9. The van der Waals surface area contributed by atoms with E-state index in [-0.39, 0.29) is 19.2 Å². The summed E-state index contributed by atoms with van der Waals surface area (Å²) < 4.78 is 23.2. The van der Waals surface area contributed by atoms with Crippen molar-refractivity contribution in [2.24, 2.45) is 11.5 Å². The molecule has 8 heterocycles. The van der Waals surface area contributed by atoms with Gasteiger partial charge in [0, 0.05) is 47.0 Å². The number of ketones is 1. The number of nitrogens with zero attached hydrogens (tertiary/aromatic N) is 6. The van der Waals surface area contributed by atoms with E-state index in [4.69, 9.17) is 46.0 Å². The van der Waals surface area contributed by atoms with Gasteiger partial charge < -0.3 is 71.8 Å². The smallest absolute Gasteiger partial charge is 0.287 e. The van der Waals surface area contributed by atoms with Crippen molar-refractivity contribution in [3.63, 3.8) is 0 Å². The molecule has 0 spiro atoms. The molecule has 27 nitrogen and oxygen atoms in total. The number of pyridine rings is 4. The number of hydrogen-bond acceptors (Lipinski definition) is 21. The molecule has 2 unspecified atom stereocenters. The van der Waals surface area contributed by atoms with Crippen molar-refractivity contribution in [3.05, 3.63) is 193 Å². The van der Waals surface area contributed by atoms with E-state index in [9.17, 15) is 48.6 Å². The van der Waals surface area contributed by atoms with Crippen molar-refractivity contribution in [1.82, 2.24) is 41.2 Å². The van der Waals surface area contributed by atoms with E-state index in [1.807, 2.05) is 103 Å². The van der Waals surface area contributed by atoms with Crippen molar-refractivity contribution < 1.29 is 72.6 Å². The molecule has 4 aliphatic heterocycles. The summed E-state index contributed by atoms with van der Waals surface area (Å²) in [5, 5.41) is 56.5. The molecule has 111 heavy (non-hydrogen) atoms. The highest BCUT2D eigenvalue weighted by atomic mass is 16.5. The number of primary amides is 2. The summed E-state index contributed by atoms with van der Waals surface area (Å²) in [5.41, 5.74) is 15.9. The molecule has 4 aliphatic rings. The molecule has 6 atom stereocenters. The molecule has 582 valence electrons. The summed E-state index contributed by atoms with van der Waals surface area (Å²) in [6.45, 7) is 5.21. The van der Waals surface area contributed by atoms with E-state index in [1.165, 1.54) is 13.8 Å². The van der Waals surface area contributed by atoms with Crippen LogP contribution in [0, 0.1) is 22.7 Å². The highest BCUT2D eigenvalue weighted by Gasteiger charge is 2.30. The Morgan fingerprint density at radius 1 is 0.477 bits per heavy atom. The zero-order valence-corrected chi connectivity index (χ0v) is 61.4. The Hall–Kier alpha value is -12.3. The van der Waals surface area contributed by atoms with Gasteiger partial charge in [-0.3, -0.25) is 53.5 Å². The van der Waals surface area contributed by atoms with Gasteiger partial charge in [-0.2, -0.15) is 10.5 Å². The topological polar surface area (TPSA) is 433 Å². The summed E-state index contributed by atoms with van der Waals surface area (Å²) in [6, 6.07) is 44.0. The maximum atomic E-state index is 12.9. The first-order chi connectivity index (χ1) is 53.1. The Morgan fingerprint density at radius 2 is 0.802 bits per heavy atom. The van der Waals surface area contributed by atoms with Crippen molar-refractivity contribution in [2.45, 2.75) is 166 Å². The monoisotopic (exact) mass is 1510 g/mol. The second-order valence-electron chi connectivity index (χ2n) is 26.7. The Bertz CT molecular complexity index is 4540. The number of benzene rings is 4. The third-order valence-corrected chi connectivity index (χ3v) is 17.8. The number of carbonyl (C=O) groups is 8. The van der Waals surface area contributed by atoms with Gasteiger partial charge in [0.2, 0.25) is 11.7 Å². The van der Waals surface area contributed by atoms with Crippen molar-refractivity contribution in [3.8, 4) is 80.2 Å². The lowest BCUT2D eigenvalue weighted by molar-refractivity contribution is -0.137. The molecule has 0 aliphatic carbocycles. The summed E-state index contributed by atoms with van der Waals surface area (Å²) in [7, 11) is 0. The van der Waals surface area contributed by atoms with Crippen molar-refractivity contribution in [1.29, 1.82) is 10.5 Å². The molecule has 8 aromatic rings. The van der Waals surface area contributed by atoms with Crippen LogP contribution in [0.25, 0.3) is 45.0 Å². The number of aldehydes is 1. The molecule has 6 amide bonds. The summed E-state index contributed by atoms with van der Waals surface area (Å²) in [5.74, 6) is -1.26. The number of Topliss-reactive ketones (excluding diaryl/α,β-unsaturated/α-hetero) is 1. The number of aromatic nitrogens is 4. The standard InChI is InChI=1S/C20H23N3O4.C20H21N3O4.C20H21N3O3.C19H20N2O3.C4H7NO.CH4/c2*21-19(25)18(24)16-9-2-1-3-11-27-14-7-4-6-13(12-14)17-15(20(26)23-16)8-5-10-22-17;21-13-18(24)17-9-2-1-3-11-26-15-7-4-6-14(12-15)19-16(20(25)23-17)8-5-10-22-19;22-13-15-7-2-1-3-11-24-16-8-4-6-14(12-16)18-17(19(23)21-15)9-5-10-20-18;1-4(2,6)3-5;/h4-8,10,12,16,18,24H,1-3,9,11H2,(H2,21,25)(H,23,26);4-8,10,12,16H,1-3,9,11H2,(H2,21,25)(H,23,26);4-8,10,12,17-18,24H,1-3,9,11H2,(H,23,25);4-6,8-10,12-13,15H,1-3,7,11H2,(H,21,23);6H,1-2H3;1H4/t16-,18?;16-;17-,18?;15-;;/m0000../s1. The fourth-order valence-electron chi connectivity index (χ4n) is 12.0. The zero-order chi connectivity index (χ0) is 78.8. The maximum Gasteiger partial charge on any atom is 0.287 e. The Balaban J connectivity index is 0.000000200. The van der Waals surface area contributed by atoms with Crippen LogP contribution in [-0.4, -0.2) is 151 Å². The van der Waals surface area contributed by atoms with E-state index >= 15 is 0 Å². The third-order valence-electron chi connectivity index (χ3n) is 17.8.